The molecule has 118 valence electrons. The molecule has 1 aliphatic heterocycles. The Labute approximate surface area is 127 Å². The SMILES string of the molecule is CCC(CCN)N1CCCN(C(=O)c2coc(C)c2)CC1. The second-order valence-electron chi connectivity index (χ2n) is 5.77. The average Bonchev–Trinajstić information content (AvgIpc) is 2.77. The Balaban J connectivity index is 1.95. The van der Waals surface area contributed by atoms with Gasteiger partial charge in [-0.05, 0) is 38.8 Å². The van der Waals surface area contributed by atoms with E-state index in [1.165, 1.54) is 0 Å². The Hall–Kier alpha value is -1.33. The van der Waals surface area contributed by atoms with E-state index in [1.807, 2.05) is 17.9 Å². The van der Waals surface area contributed by atoms with E-state index in [9.17, 15) is 4.79 Å². The van der Waals surface area contributed by atoms with Crippen LogP contribution in [0.5, 0.6) is 0 Å². The van der Waals surface area contributed by atoms with Crippen molar-refractivity contribution >= 4 is 5.91 Å². The van der Waals surface area contributed by atoms with E-state index in [1.54, 1.807) is 6.26 Å². The predicted octanol–water partition coefficient (Wildman–Crippen LogP) is 1.86. The van der Waals surface area contributed by atoms with E-state index >= 15 is 0 Å². The van der Waals surface area contributed by atoms with Gasteiger partial charge in [-0.3, -0.25) is 9.69 Å². The Kier molecular flexibility index (Phi) is 5.82. The van der Waals surface area contributed by atoms with Crippen LogP contribution < -0.4 is 5.73 Å². The van der Waals surface area contributed by atoms with Gasteiger partial charge in [0, 0.05) is 32.2 Å². The van der Waals surface area contributed by atoms with Crippen molar-refractivity contribution in [1.82, 2.24) is 9.80 Å². The highest BCUT2D eigenvalue weighted by Gasteiger charge is 2.24. The number of carbonyl (C=O) groups excluding carboxylic acids is 1. The number of hydrogen-bond donors (Lipinski definition) is 1. The topological polar surface area (TPSA) is 62.7 Å². The van der Waals surface area contributed by atoms with Gasteiger partial charge in [-0.15, -0.1) is 0 Å². The molecule has 1 fully saturated rings. The van der Waals surface area contributed by atoms with Gasteiger partial charge in [-0.2, -0.15) is 0 Å². The van der Waals surface area contributed by atoms with Crippen LogP contribution in [0.15, 0.2) is 16.7 Å². The minimum atomic E-state index is 0.0839. The lowest BCUT2D eigenvalue weighted by Gasteiger charge is -2.29. The lowest BCUT2D eigenvalue weighted by atomic mass is 10.1. The molecule has 1 atom stereocenters. The number of aryl methyl sites for hydroxylation is 1. The third-order valence-corrected chi connectivity index (χ3v) is 4.28. The molecule has 1 amide bonds. The van der Waals surface area contributed by atoms with E-state index in [0.29, 0.717) is 11.6 Å². The van der Waals surface area contributed by atoms with Crippen LogP contribution >= 0.6 is 0 Å². The van der Waals surface area contributed by atoms with E-state index in [4.69, 9.17) is 10.2 Å². The van der Waals surface area contributed by atoms with Crippen LogP contribution in [-0.4, -0.2) is 54.5 Å². The normalized spacial score (nSPS) is 18.5. The first-order chi connectivity index (χ1) is 10.2. The van der Waals surface area contributed by atoms with E-state index < -0.39 is 0 Å². The van der Waals surface area contributed by atoms with Crippen LogP contribution in [0, 0.1) is 6.92 Å². The van der Waals surface area contributed by atoms with E-state index in [2.05, 4.69) is 11.8 Å². The number of hydrogen-bond acceptors (Lipinski definition) is 4. The molecule has 1 unspecified atom stereocenters. The second kappa shape index (κ2) is 7.61. The summed E-state index contributed by atoms with van der Waals surface area (Å²) in [6.07, 6.45) is 4.73. The molecule has 1 aromatic rings. The molecule has 1 aromatic heterocycles. The van der Waals surface area contributed by atoms with Crippen molar-refractivity contribution in [2.45, 2.75) is 39.2 Å². The van der Waals surface area contributed by atoms with E-state index in [0.717, 1.165) is 57.7 Å². The second-order valence-corrected chi connectivity index (χ2v) is 5.77. The summed E-state index contributed by atoms with van der Waals surface area (Å²) < 4.78 is 5.24. The maximum absolute atomic E-state index is 12.5. The predicted molar refractivity (Wildman–Crippen MR) is 83.3 cm³/mol. The molecule has 21 heavy (non-hydrogen) atoms. The van der Waals surface area contributed by atoms with Crippen LogP contribution in [0.25, 0.3) is 0 Å². The van der Waals surface area contributed by atoms with Crippen molar-refractivity contribution in [3.63, 3.8) is 0 Å². The fraction of sp³-hybridized carbons (Fsp3) is 0.688. The zero-order valence-electron chi connectivity index (χ0n) is 13.2. The fourth-order valence-corrected chi connectivity index (χ4v) is 3.08. The summed E-state index contributed by atoms with van der Waals surface area (Å²) in [6, 6.07) is 2.36. The zero-order chi connectivity index (χ0) is 15.2. The molecule has 0 aliphatic carbocycles. The van der Waals surface area contributed by atoms with Crippen LogP contribution in [0.2, 0.25) is 0 Å². The molecule has 5 nitrogen and oxygen atoms in total. The molecular weight excluding hydrogens is 266 g/mol. The minimum absolute atomic E-state index is 0.0839. The van der Waals surface area contributed by atoms with Crippen LogP contribution in [0.3, 0.4) is 0 Å². The lowest BCUT2D eigenvalue weighted by molar-refractivity contribution is 0.0756. The van der Waals surface area contributed by atoms with Gasteiger partial charge in [-0.25, -0.2) is 0 Å². The van der Waals surface area contributed by atoms with Crippen molar-refractivity contribution in [2.75, 3.05) is 32.7 Å². The number of amides is 1. The van der Waals surface area contributed by atoms with E-state index in [-0.39, 0.29) is 5.91 Å². The van der Waals surface area contributed by atoms with Crippen molar-refractivity contribution in [3.8, 4) is 0 Å². The van der Waals surface area contributed by atoms with Gasteiger partial charge in [-0.1, -0.05) is 6.92 Å². The smallest absolute Gasteiger partial charge is 0.257 e. The van der Waals surface area contributed by atoms with Crippen LogP contribution in [0.1, 0.15) is 42.3 Å². The number of rotatable bonds is 5. The Morgan fingerprint density at radius 3 is 2.81 bits per heavy atom. The summed E-state index contributed by atoms with van der Waals surface area (Å²) in [7, 11) is 0. The Morgan fingerprint density at radius 2 is 2.19 bits per heavy atom. The minimum Gasteiger partial charge on any atom is -0.469 e. The molecule has 5 heteroatoms. The molecule has 2 heterocycles. The third kappa shape index (κ3) is 4.08. The molecular formula is C16H27N3O2. The average molecular weight is 293 g/mol. The molecule has 0 saturated carbocycles. The molecule has 1 aliphatic rings. The molecule has 1 saturated heterocycles. The van der Waals surface area contributed by atoms with Gasteiger partial charge in [0.05, 0.1) is 5.56 Å². The van der Waals surface area contributed by atoms with Crippen LogP contribution in [0.4, 0.5) is 0 Å². The van der Waals surface area contributed by atoms with Gasteiger partial charge in [0.1, 0.15) is 12.0 Å². The largest absolute Gasteiger partial charge is 0.469 e. The number of furan rings is 1. The van der Waals surface area contributed by atoms with Gasteiger partial charge in [0.25, 0.3) is 5.91 Å². The number of nitrogens with zero attached hydrogens (tertiary/aromatic N) is 2. The standard InChI is InChI=1S/C16H27N3O2/c1-3-15(5-6-17)18-7-4-8-19(10-9-18)16(20)14-11-13(2)21-12-14/h11-12,15H,3-10,17H2,1-2H3. The molecule has 2 N–H and O–H groups in total. The first kappa shape index (κ1) is 16.0. The Morgan fingerprint density at radius 1 is 1.38 bits per heavy atom. The van der Waals surface area contributed by atoms with Gasteiger partial charge >= 0.3 is 0 Å². The molecule has 0 radical (unpaired) electrons. The van der Waals surface area contributed by atoms with Gasteiger partial charge in [0.15, 0.2) is 0 Å². The maximum Gasteiger partial charge on any atom is 0.257 e. The Bertz CT molecular complexity index is 458. The molecule has 0 bridgehead atoms. The molecule has 0 aromatic carbocycles. The van der Waals surface area contributed by atoms with Crippen molar-refractivity contribution in [3.05, 3.63) is 23.7 Å². The highest BCUT2D eigenvalue weighted by atomic mass is 16.3. The summed E-state index contributed by atoms with van der Waals surface area (Å²) in [5.41, 5.74) is 6.36. The summed E-state index contributed by atoms with van der Waals surface area (Å²) >= 11 is 0. The number of nitrogens with two attached hydrogens (primary N) is 1. The summed E-state index contributed by atoms with van der Waals surface area (Å²) in [4.78, 5) is 16.9. The third-order valence-electron chi connectivity index (χ3n) is 4.28. The van der Waals surface area contributed by atoms with Gasteiger partial charge < -0.3 is 15.1 Å². The van der Waals surface area contributed by atoms with Crippen molar-refractivity contribution < 1.29 is 9.21 Å². The van der Waals surface area contributed by atoms with Gasteiger partial charge in [0.2, 0.25) is 0 Å². The van der Waals surface area contributed by atoms with Crippen molar-refractivity contribution in [2.24, 2.45) is 5.73 Å². The molecule has 0 spiro atoms. The van der Waals surface area contributed by atoms with Crippen LogP contribution in [-0.2, 0) is 0 Å². The first-order valence-electron chi connectivity index (χ1n) is 7.94. The highest BCUT2D eigenvalue weighted by Crippen LogP contribution is 2.15. The maximum atomic E-state index is 12.5. The van der Waals surface area contributed by atoms with Crippen molar-refractivity contribution in [1.29, 1.82) is 0 Å². The summed E-state index contributed by atoms with van der Waals surface area (Å²) in [5.74, 6) is 0.865. The lowest BCUT2D eigenvalue weighted by Crippen LogP contribution is -2.40. The zero-order valence-corrected chi connectivity index (χ0v) is 13.2. The quantitative estimate of drug-likeness (QED) is 0.900. The monoisotopic (exact) mass is 293 g/mol. The highest BCUT2D eigenvalue weighted by molar-refractivity contribution is 5.94. The first-order valence-corrected chi connectivity index (χ1v) is 7.94. The summed E-state index contributed by atoms with van der Waals surface area (Å²) in [5, 5.41) is 0. The fourth-order valence-electron chi connectivity index (χ4n) is 3.08. The molecule has 2 rings (SSSR count). The number of carbonyl (C=O) groups is 1. The summed E-state index contributed by atoms with van der Waals surface area (Å²) in [6.45, 7) is 8.38.